The number of rotatable bonds is 12. The second-order valence-electron chi connectivity index (χ2n) is 11.1. The monoisotopic (exact) mass is 663 g/mol. The summed E-state index contributed by atoms with van der Waals surface area (Å²) in [5, 5.41) is 4.11. The molecule has 0 unspecified atom stereocenters. The highest BCUT2D eigenvalue weighted by Gasteiger charge is 2.35. The number of nitrogens with zero attached hydrogens (tertiary/aromatic N) is 2. The molecule has 1 saturated carbocycles. The van der Waals surface area contributed by atoms with Crippen molar-refractivity contribution in [3.05, 3.63) is 130 Å². The number of sulfonamides is 1. The highest BCUT2D eigenvalue weighted by atomic mass is 35.5. The van der Waals surface area contributed by atoms with E-state index < -0.39 is 28.5 Å². The number of amides is 2. The van der Waals surface area contributed by atoms with Gasteiger partial charge in [-0.1, -0.05) is 96.7 Å². The third kappa shape index (κ3) is 8.45. The molecule has 1 fully saturated rings. The molecular formula is C35H35Cl2N3O4S. The summed E-state index contributed by atoms with van der Waals surface area (Å²) in [6, 6.07) is 30.0. The molecule has 0 heterocycles. The molecule has 7 nitrogen and oxygen atoms in total. The summed E-state index contributed by atoms with van der Waals surface area (Å²) in [5.41, 5.74) is 1.96. The standard InChI is InChI=1S/C35H35Cl2N3O4S/c36-28-17-15-27(16-18-28)24-39(33(23-26-9-3-1-4-10-26)35(42)38-30-11-7-8-12-30)34(41)25-40(31-13-5-2-6-14-31)45(43,44)32-21-19-29(37)20-22-32/h1-6,9-10,13-22,30,33H,7-8,11-12,23-25H2,(H,38,42)/t33-/m0/s1. The molecule has 4 aromatic carbocycles. The van der Waals surface area contributed by atoms with Gasteiger partial charge in [0.05, 0.1) is 10.6 Å². The predicted molar refractivity (Wildman–Crippen MR) is 179 cm³/mol. The van der Waals surface area contributed by atoms with E-state index in [0.717, 1.165) is 41.1 Å². The van der Waals surface area contributed by atoms with Gasteiger partial charge in [0, 0.05) is 29.1 Å². The van der Waals surface area contributed by atoms with Gasteiger partial charge in [-0.2, -0.15) is 0 Å². The fraction of sp³-hybridized carbons (Fsp3) is 0.257. The number of carbonyl (C=O) groups is 2. The Morgan fingerprint density at radius 2 is 1.31 bits per heavy atom. The molecule has 0 bridgehead atoms. The van der Waals surface area contributed by atoms with Crippen molar-refractivity contribution in [2.45, 2.75) is 55.6 Å². The Labute approximate surface area is 274 Å². The molecular weight excluding hydrogens is 629 g/mol. The number of benzene rings is 4. The van der Waals surface area contributed by atoms with Crippen molar-refractivity contribution in [2.75, 3.05) is 10.8 Å². The van der Waals surface area contributed by atoms with Gasteiger partial charge in [-0.3, -0.25) is 13.9 Å². The number of nitrogens with one attached hydrogen (secondary N) is 1. The molecule has 234 valence electrons. The fourth-order valence-electron chi connectivity index (χ4n) is 5.56. The number of hydrogen-bond donors (Lipinski definition) is 1. The molecule has 0 spiro atoms. The molecule has 45 heavy (non-hydrogen) atoms. The van der Waals surface area contributed by atoms with Gasteiger partial charge in [-0.25, -0.2) is 8.42 Å². The van der Waals surface area contributed by atoms with Gasteiger partial charge in [0.15, 0.2) is 0 Å². The van der Waals surface area contributed by atoms with Crippen LogP contribution in [0.5, 0.6) is 0 Å². The minimum atomic E-state index is -4.19. The topological polar surface area (TPSA) is 86.8 Å². The van der Waals surface area contributed by atoms with E-state index in [9.17, 15) is 18.0 Å². The summed E-state index contributed by atoms with van der Waals surface area (Å²) in [6.45, 7) is -0.445. The molecule has 0 aromatic heterocycles. The second kappa shape index (κ2) is 15.0. The lowest BCUT2D eigenvalue weighted by molar-refractivity contribution is -0.140. The van der Waals surface area contributed by atoms with Gasteiger partial charge in [-0.05, 0) is 72.5 Å². The number of halogens is 2. The molecule has 1 aliphatic carbocycles. The number of anilines is 1. The average molecular weight is 665 g/mol. The smallest absolute Gasteiger partial charge is 0.264 e. The average Bonchev–Trinajstić information content (AvgIpc) is 3.56. The number of hydrogen-bond acceptors (Lipinski definition) is 4. The lowest BCUT2D eigenvalue weighted by Gasteiger charge is -2.34. The van der Waals surface area contributed by atoms with E-state index in [0.29, 0.717) is 15.7 Å². The first kappa shape index (κ1) is 32.5. The van der Waals surface area contributed by atoms with Crippen molar-refractivity contribution in [2.24, 2.45) is 0 Å². The third-order valence-electron chi connectivity index (χ3n) is 7.96. The molecule has 0 saturated heterocycles. The summed E-state index contributed by atoms with van der Waals surface area (Å²) < 4.78 is 29.2. The molecule has 0 radical (unpaired) electrons. The Morgan fingerprint density at radius 1 is 0.756 bits per heavy atom. The van der Waals surface area contributed by atoms with E-state index in [1.807, 2.05) is 30.3 Å². The molecule has 2 amide bonds. The molecule has 10 heteroatoms. The van der Waals surface area contributed by atoms with Gasteiger partial charge in [0.2, 0.25) is 11.8 Å². The quantitative estimate of drug-likeness (QED) is 0.179. The molecule has 1 N–H and O–H groups in total. The third-order valence-corrected chi connectivity index (χ3v) is 10.3. The van der Waals surface area contributed by atoms with E-state index in [1.54, 1.807) is 54.6 Å². The zero-order valence-corrected chi connectivity index (χ0v) is 27.0. The Morgan fingerprint density at radius 3 is 1.91 bits per heavy atom. The first-order valence-corrected chi connectivity index (χ1v) is 17.1. The zero-order valence-electron chi connectivity index (χ0n) is 24.7. The summed E-state index contributed by atoms with van der Waals surface area (Å²) >= 11 is 12.2. The van der Waals surface area contributed by atoms with Gasteiger partial charge in [0.1, 0.15) is 12.6 Å². The van der Waals surface area contributed by atoms with Crippen LogP contribution in [0.2, 0.25) is 10.0 Å². The maximum absolute atomic E-state index is 14.5. The van der Waals surface area contributed by atoms with Crippen LogP contribution in [-0.4, -0.2) is 43.8 Å². The van der Waals surface area contributed by atoms with Crippen molar-refractivity contribution < 1.29 is 18.0 Å². The van der Waals surface area contributed by atoms with Gasteiger partial charge < -0.3 is 10.2 Å². The Hall–Kier alpha value is -3.85. The predicted octanol–water partition coefficient (Wildman–Crippen LogP) is 6.89. The van der Waals surface area contributed by atoms with Crippen molar-refractivity contribution in [1.82, 2.24) is 10.2 Å². The normalized spacial score (nSPS) is 14.1. The SMILES string of the molecule is O=C(NC1CCCC1)[C@H](Cc1ccccc1)N(Cc1ccc(Cl)cc1)C(=O)CN(c1ccccc1)S(=O)(=O)c1ccc(Cl)cc1. The molecule has 0 aliphatic heterocycles. The summed E-state index contributed by atoms with van der Waals surface area (Å²) in [6.07, 6.45) is 4.10. The highest BCUT2D eigenvalue weighted by molar-refractivity contribution is 7.92. The van der Waals surface area contributed by atoms with Crippen molar-refractivity contribution in [1.29, 1.82) is 0 Å². The first-order chi connectivity index (χ1) is 21.7. The van der Waals surface area contributed by atoms with Crippen molar-refractivity contribution in [3.63, 3.8) is 0 Å². The van der Waals surface area contributed by atoms with Crippen LogP contribution in [0.25, 0.3) is 0 Å². The maximum Gasteiger partial charge on any atom is 0.264 e. The Bertz CT molecular complexity index is 1680. The number of para-hydroxylation sites is 1. The minimum Gasteiger partial charge on any atom is -0.352 e. The fourth-order valence-corrected chi connectivity index (χ4v) is 7.23. The van der Waals surface area contributed by atoms with E-state index in [2.05, 4.69) is 5.32 Å². The van der Waals surface area contributed by atoms with Crippen LogP contribution >= 0.6 is 23.2 Å². The van der Waals surface area contributed by atoms with Crippen molar-refractivity contribution in [3.8, 4) is 0 Å². The Kier molecular flexibility index (Phi) is 10.8. The maximum atomic E-state index is 14.5. The van der Waals surface area contributed by atoms with Crippen LogP contribution in [0.3, 0.4) is 0 Å². The van der Waals surface area contributed by atoms with E-state index >= 15 is 0 Å². The van der Waals surface area contributed by atoms with Crippen LogP contribution in [0.4, 0.5) is 5.69 Å². The lowest BCUT2D eigenvalue weighted by atomic mass is 10.0. The second-order valence-corrected chi connectivity index (χ2v) is 13.9. The molecule has 1 atom stereocenters. The van der Waals surface area contributed by atoms with E-state index in [4.69, 9.17) is 23.2 Å². The molecule has 1 aliphatic rings. The van der Waals surface area contributed by atoms with Crippen LogP contribution in [0.1, 0.15) is 36.8 Å². The van der Waals surface area contributed by atoms with Crippen molar-refractivity contribution >= 4 is 50.7 Å². The van der Waals surface area contributed by atoms with Crippen LogP contribution < -0.4 is 9.62 Å². The van der Waals surface area contributed by atoms with Crippen LogP contribution in [-0.2, 0) is 32.6 Å². The summed E-state index contributed by atoms with van der Waals surface area (Å²) in [7, 11) is -4.19. The van der Waals surface area contributed by atoms with E-state index in [1.165, 1.54) is 29.2 Å². The van der Waals surface area contributed by atoms with E-state index in [-0.39, 0.29) is 29.8 Å². The first-order valence-electron chi connectivity index (χ1n) is 14.9. The summed E-state index contributed by atoms with van der Waals surface area (Å²) in [4.78, 5) is 30.0. The largest absolute Gasteiger partial charge is 0.352 e. The minimum absolute atomic E-state index is 0.00684. The molecule has 5 rings (SSSR count). The highest BCUT2D eigenvalue weighted by Crippen LogP contribution is 2.26. The lowest BCUT2D eigenvalue weighted by Crippen LogP contribution is -2.54. The van der Waals surface area contributed by atoms with Gasteiger partial charge >= 0.3 is 0 Å². The van der Waals surface area contributed by atoms with Crippen LogP contribution in [0.15, 0.2) is 114 Å². The van der Waals surface area contributed by atoms with Crippen LogP contribution in [0, 0.1) is 0 Å². The molecule has 4 aromatic rings. The zero-order chi connectivity index (χ0) is 31.8. The summed E-state index contributed by atoms with van der Waals surface area (Å²) in [5.74, 6) is -0.784. The van der Waals surface area contributed by atoms with Gasteiger partial charge in [-0.15, -0.1) is 0 Å². The Balaban J connectivity index is 1.54. The number of carbonyl (C=O) groups excluding carboxylic acids is 2. The van der Waals surface area contributed by atoms with Gasteiger partial charge in [0.25, 0.3) is 10.0 Å².